The van der Waals surface area contributed by atoms with Crippen LogP contribution in [0.5, 0.6) is 5.75 Å². The van der Waals surface area contributed by atoms with Crippen molar-refractivity contribution in [3.8, 4) is 5.75 Å². The maximum absolute atomic E-state index is 13.7. The fourth-order valence-electron chi connectivity index (χ4n) is 4.95. The van der Waals surface area contributed by atoms with Crippen LogP contribution in [0.3, 0.4) is 0 Å². The molecular weight excluding hydrogens is 583 g/mol. The van der Waals surface area contributed by atoms with Crippen LogP contribution in [0.2, 0.25) is 0 Å². The van der Waals surface area contributed by atoms with Gasteiger partial charge in [-0.15, -0.1) is 0 Å². The Morgan fingerprint density at radius 1 is 1.09 bits per heavy atom. The van der Waals surface area contributed by atoms with E-state index in [0.717, 1.165) is 17.7 Å². The summed E-state index contributed by atoms with van der Waals surface area (Å²) in [5, 5.41) is 9.90. The summed E-state index contributed by atoms with van der Waals surface area (Å²) < 4.78 is 74.6. The highest BCUT2D eigenvalue weighted by atomic mass is 32.2. The first-order valence-corrected chi connectivity index (χ1v) is 15.3. The number of hydrogen-bond donors (Lipinski definition) is 2. The van der Waals surface area contributed by atoms with E-state index in [1.54, 1.807) is 43.1 Å². The van der Waals surface area contributed by atoms with Crippen molar-refractivity contribution in [1.29, 1.82) is 0 Å². The van der Waals surface area contributed by atoms with Gasteiger partial charge < -0.3 is 14.7 Å². The van der Waals surface area contributed by atoms with Gasteiger partial charge in [-0.3, -0.25) is 14.4 Å². The van der Waals surface area contributed by atoms with Crippen molar-refractivity contribution in [2.45, 2.75) is 50.5 Å². The average molecular weight is 620 g/mol. The molecule has 2 N–H and O–H groups in total. The number of hydrogen-bond acceptors (Lipinski definition) is 6. The van der Waals surface area contributed by atoms with Crippen molar-refractivity contribution in [2.24, 2.45) is 5.92 Å². The van der Waals surface area contributed by atoms with E-state index in [1.807, 2.05) is 18.7 Å². The lowest BCUT2D eigenvalue weighted by atomic mass is 9.99. The number of likely N-dealkylation sites (N-methyl/N-ethyl adjacent to an activating group) is 1. The van der Waals surface area contributed by atoms with Gasteiger partial charge in [-0.1, -0.05) is 42.8 Å². The third-order valence-electron chi connectivity index (χ3n) is 7.49. The van der Waals surface area contributed by atoms with E-state index in [0.29, 0.717) is 18.7 Å². The van der Waals surface area contributed by atoms with Crippen molar-refractivity contribution in [2.75, 3.05) is 31.5 Å². The zero-order valence-electron chi connectivity index (χ0n) is 24.4. The molecule has 12 heteroatoms. The first kappa shape index (κ1) is 32.3. The Morgan fingerprint density at radius 3 is 2.35 bits per heavy atom. The minimum atomic E-state index is -4.42. The van der Waals surface area contributed by atoms with Crippen LogP contribution in [0.1, 0.15) is 40.9 Å². The normalized spacial score (nSPS) is 18.4. The predicted octanol–water partition coefficient (Wildman–Crippen LogP) is 5.17. The van der Waals surface area contributed by atoms with Gasteiger partial charge in [-0.2, -0.15) is 13.2 Å². The summed E-state index contributed by atoms with van der Waals surface area (Å²) in [7, 11) is -2.23. The second-order valence-corrected chi connectivity index (χ2v) is 12.8. The zero-order valence-corrected chi connectivity index (χ0v) is 25.2. The van der Waals surface area contributed by atoms with Gasteiger partial charge in [0.1, 0.15) is 6.10 Å². The fourth-order valence-corrected chi connectivity index (χ4v) is 6.01. The van der Waals surface area contributed by atoms with Crippen LogP contribution in [0.15, 0.2) is 71.6 Å². The van der Waals surface area contributed by atoms with E-state index in [-0.39, 0.29) is 41.0 Å². The van der Waals surface area contributed by atoms with Crippen LogP contribution in [0.4, 0.5) is 18.9 Å². The molecule has 3 aromatic carbocycles. The molecular formula is C31H36F3N3O5S. The lowest BCUT2D eigenvalue weighted by molar-refractivity contribution is -0.137. The number of ether oxygens (including phenoxy) is 1. The molecule has 3 aromatic rings. The maximum atomic E-state index is 13.7. The quantitative estimate of drug-likeness (QED) is 0.343. The number of para-hydroxylation sites is 1. The van der Waals surface area contributed by atoms with E-state index >= 15 is 0 Å². The van der Waals surface area contributed by atoms with Gasteiger partial charge >= 0.3 is 6.18 Å². The third kappa shape index (κ3) is 7.67. The number of aliphatic hydroxyl groups excluding tert-OH is 1. The highest BCUT2D eigenvalue weighted by Gasteiger charge is 2.35. The Bertz CT molecular complexity index is 1530. The van der Waals surface area contributed by atoms with Gasteiger partial charge in [0.2, 0.25) is 0 Å². The van der Waals surface area contributed by atoms with Crippen molar-refractivity contribution in [1.82, 2.24) is 9.80 Å². The first-order valence-electron chi connectivity index (χ1n) is 13.8. The van der Waals surface area contributed by atoms with Gasteiger partial charge in [-0.25, -0.2) is 8.42 Å². The molecule has 1 aliphatic rings. The average Bonchev–Trinajstić information content (AvgIpc) is 2.94. The molecule has 0 spiro atoms. The number of sulfonamides is 1. The number of alkyl halides is 3. The van der Waals surface area contributed by atoms with Crippen LogP contribution < -0.4 is 9.46 Å². The summed E-state index contributed by atoms with van der Waals surface area (Å²) in [5.41, 5.74) is 1.08. The van der Waals surface area contributed by atoms with Crippen LogP contribution in [-0.4, -0.2) is 68.1 Å². The summed E-state index contributed by atoms with van der Waals surface area (Å²) in [6.45, 7) is 6.10. The molecule has 8 nitrogen and oxygen atoms in total. The molecule has 0 fully saturated rings. The molecule has 4 rings (SSSR count). The van der Waals surface area contributed by atoms with Gasteiger partial charge in [0.25, 0.3) is 15.9 Å². The van der Waals surface area contributed by atoms with Crippen molar-refractivity contribution in [3.63, 3.8) is 0 Å². The Labute approximate surface area is 250 Å². The minimum absolute atomic E-state index is 0.0459. The van der Waals surface area contributed by atoms with Crippen molar-refractivity contribution >= 4 is 21.6 Å². The maximum Gasteiger partial charge on any atom is 0.416 e. The number of halogens is 3. The highest BCUT2D eigenvalue weighted by molar-refractivity contribution is 7.92. The lowest BCUT2D eigenvalue weighted by Crippen LogP contribution is -2.49. The summed E-state index contributed by atoms with van der Waals surface area (Å²) >= 11 is 0. The number of fused-ring (bicyclic) bond motifs is 1. The number of nitrogens with zero attached hydrogens (tertiary/aromatic N) is 2. The zero-order chi connectivity index (χ0) is 31.5. The highest BCUT2D eigenvalue weighted by Crippen LogP contribution is 2.36. The topological polar surface area (TPSA) is 99.2 Å². The Morgan fingerprint density at radius 2 is 1.74 bits per heavy atom. The molecule has 1 heterocycles. The summed E-state index contributed by atoms with van der Waals surface area (Å²) in [6, 6.07) is 15.4. The van der Waals surface area contributed by atoms with Crippen molar-refractivity contribution < 1.29 is 36.2 Å². The monoisotopic (exact) mass is 619 g/mol. The Kier molecular flexibility index (Phi) is 9.73. The fraction of sp³-hybridized carbons (Fsp3) is 0.387. The molecule has 0 unspecified atom stereocenters. The van der Waals surface area contributed by atoms with Crippen LogP contribution >= 0.6 is 0 Å². The summed E-state index contributed by atoms with van der Waals surface area (Å²) in [4.78, 5) is 17.2. The molecule has 1 amide bonds. The largest absolute Gasteiger partial charge is 0.486 e. The molecule has 3 atom stereocenters. The van der Waals surface area contributed by atoms with Crippen LogP contribution in [-0.2, 0) is 22.7 Å². The van der Waals surface area contributed by atoms with E-state index in [2.05, 4.69) is 4.72 Å². The first-order chi connectivity index (χ1) is 20.2. The second kappa shape index (κ2) is 12.9. The van der Waals surface area contributed by atoms with E-state index in [1.165, 1.54) is 30.3 Å². The van der Waals surface area contributed by atoms with E-state index < -0.39 is 39.8 Å². The Hall–Kier alpha value is -3.61. The number of amides is 1. The SMILES string of the molecule is Cc1ccc(S(=O)(=O)Nc2cccc3c2O[C@H](CN(C)Cc2ccc(C(F)(F)F)cc2)[C@H](C)CN([C@H](C)CO)C3=O)cc1. The predicted molar refractivity (Wildman–Crippen MR) is 157 cm³/mol. The van der Waals surface area contributed by atoms with Crippen molar-refractivity contribution in [3.05, 3.63) is 89.0 Å². The molecule has 0 aromatic heterocycles. The number of carbonyl (C=O) groups is 1. The van der Waals surface area contributed by atoms with E-state index in [9.17, 15) is 31.5 Å². The molecule has 0 saturated carbocycles. The summed E-state index contributed by atoms with van der Waals surface area (Å²) in [6.07, 6.45) is -4.97. The van der Waals surface area contributed by atoms with Gasteiger partial charge in [-0.05, 0) is 62.9 Å². The number of anilines is 1. The molecule has 0 aliphatic carbocycles. The minimum Gasteiger partial charge on any atom is -0.486 e. The number of aryl methyl sites for hydroxylation is 1. The Balaban J connectivity index is 1.66. The third-order valence-corrected chi connectivity index (χ3v) is 8.87. The second-order valence-electron chi connectivity index (χ2n) is 11.1. The van der Waals surface area contributed by atoms with Gasteiger partial charge in [0, 0.05) is 25.6 Å². The number of carbonyl (C=O) groups excluding carboxylic acids is 1. The number of benzene rings is 3. The molecule has 43 heavy (non-hydrogen) atoms. The number of rotatable bonds is 9. The van der Waals surface area contributed by atoms with Crippen LogP contribution in [0, 0.1) is 12.8 Å². The molecule has 0 bridgehead atoms. The lowest BCUT2D eigenvalue weighted by Gasteiger charge is -2.38. The molecule has 0 saturated heterocycles. The molecule has 1 aliphatic heterocycles. The van der Waals surface area contributed by atoms with Gasteiger partial charge in [0.15, 0.2) is 5.75 Å². The molecule has 0 radical (unpaired) electrons. The van der Waals surface area contributed by atoms with Gasteiger partial charge in [0.05, 0.1) is 34.4 Å². The summed E-state index contributed by atoms with van der Waals surface area (Å²) in [5.74, 6) is -0.600. The number of nitrogens with one attached hydrogen (secondary N) is 1. The van der Waals surface area contributed by atoms with E-state index in [4.69, 9.17) is 4.74 Å². The smallest absolute Gasteiger partial charge is 0.416 e. The van der Waals surface area contributed by atoms with Crippen LogP contribution in [0.25, 0.3) is 0 Å². The standard InChI is InChI=1S/C31H36F3N3O5S/c1-20-8-14-25(15-9-20)43(40,41)35-27-7-5-6-26-29(27)42-28(21(2)16-37(30(26)39)22(3)19-38)18-36(4)17-23-10-12-24(13-11-23)31(32,33)34/h5-15,21-22,28,35,38H,16-19H2,1-4H3/t21-,22-,28-/m1/s1. The molecule has 232 valence electrons. The number of aliphatic hydroxyl groups is 1.